The molecule has 76 valence electrons. The minimum atomic E-state index is -3.91. The maximum Gasteiger partial charge on any atom is 0.270 e. The summed E-state index contributed by atoms with van der Waals surface area (Å²) < 4.78 is 29.6. The highest BCUT2D eigenvalue weighted by molar-refractivity contribution is 7.87. The van der Waals surface area contributed by atoms with Crippen molar-refractivity contribution in [1.82, 2.24) is 6.15 Å². The van der Waals surface area contributed by atoms with Crippen molar-refractivity contribution in [1.29, 1.82) is 0 Å². The van der Waals surface area contributed by atoms with Crippen LogP contribution in [0.25, 0.3) is 0 Å². The molecule has 0 aliphatic heterocycles. The monoisotopic (exact) mass is 197 g/mol. The van der Waals surface area contributed by atoms with E-state index in [0.29, 0.717) is 6.42 Å². The molecular formula is C7H19NO3S. The van der Waals surface area contributed by atoms with Crippen LogP contribution in [0.1, 0.15) is 34.1 Å². The van der Waals surface area contributed by atoms with Gasteiger partial charge in [0.1, 0.15) is 0 Å². The van der Waals surface area contributed by atoms with E-state index in [4.69, 9.17) is 4.55 Å². The highest BCUT2D eigenvalue weighted by Gasteiger charge is 2.39. The summed E-state index contributed by atoms with van der Waals surface area (Å²) in [5, 5.41) is 0. The van der Waals surface area contributed by atoms with Crippen LogP contribution in [0, 0.1) is 5.92 Å². The van der Waals surface area contributed by atoms with Crippen molar-refractivity contribution in [2.75, 3.05) is 0 Å². The Morgan fingerprint density at radius 3 is 1.75 bits per heavy atom. The summed E-state index contributed by atoms with van der Waals surface area (Å²) in [5.41, 5.74) is 0. The van der Waals surface area contributed by atoms with E-state index in [-0.39, 0.29) is 12.1 Å². The highest BCUT2D eigenvalue weighted by atomic mass is 32.2. The second-order valence-electron chi connectivity index (χ2n) is 3.30. The molecule has 0 aromatic rings. The number of hydrogen-bond acceptors (Lipinski definition) is 3. The molecule has 0 fully saturated rings. The Bertz CT molecular complexity index is 223. The van der Waals surface area contributed by atoms with Gasteiger partial charge in [-0.25, -0.2) is 0 Å². The first-order valence-electron chi connectivity index (χ1n) is 3.72. The zero-order chi connectivity index (χ0) is 9.28. The molecule has 0 aliphatic carbocycles. The molecule has 0 bridgehead atoms. The van der Waals surface area contributed by atoms with Crippen LogP contribution in [-0.4, -0.2) is 17.7 Å². The van der Waals surface area contributed by atoms with Crippen molar-refractivity contribution >= 4 is 10.1 Å². The molecule has 0 saturated carbocycles. The third kappa shape index (κ3) is 2.43. The Morgan fingerprint density at radius 2 is 1.75 bits per heavy atom. The van der Waals surface area contributed by atoms with Crippen molar-refractivity contribution in [2.45, 2.75) is 38.9 Å². The molecule has 0 spiro atoms. The Labute approximate surface area is 74.7 Å². The van der Waals surface area contributed by atoms with E-state index in [1.807, 2.05) is 0 Å². The molecule has 4 nitrogen and oxygen atoms in total. The Hall–Kier alpha value is -0.130. The van der Waals surface area contributed by atoms with E-state index in [9.17, 15) is 8.42 Å². The fourth-order valence-electron chi connectivity index (χ4n) is 0.889. The molecule has 0 radical (unpaired) electrons. The van der Waals surface area contributed by atoms with Gasteiger partial charge in [-0.05, 0) is 19.3 Å². The third-order valence-electron chi connectivity index (χ3n) is 2.51. The summed E-state index contributed by atoms with van der Waals surface area (Å²) >= 11 is 0. The fraction of sp³-hybridized carbons (Fsp3) is 1.00. The number of hydrogen-bond donors (Lipinski definition) is 2. The quantitative estimate of drug-likeness (QED) is 0.676. The van der Waals surface area contributed by atoms with E-state index in [2.05, 4.69) is 0 Å². The Kier molecular flexibility index (Phi) is 5.04. The van der Waals surface area contributed by atoms with Gasteiger partial charge in [0.15, 0.2) is 0 Å². The van der Waals surface area contributed by atoms with Gasteiger partial charge in [0.05, 0.1) is 4.75 Å². The normalized spacial score (nSPS) is 16.8. The van der Waals surface area contributed by atoms with E-state index in [0.717, 1.165) is 0 Å². The van der Waals surface area contributed by atoms with E-state index in [1.54, 1.807) is 27.7 Å². The van der Waals surface area contributed by atoms with Crippen LogP contribution >= 0.6 is 0 Å². The Balaban J connectivity index is 0. The average molecular weight is 197 g/mol. The first-order valence-corrected chi connectivity index (χ1v) is 5.16. The topological polar surface area (TPSA) is 89.4 Å². The van der Waals surface area contributed by atoms with Crippen LogP contribution in [-0.2, 0) is 10.1 Å². The lowest BCUT2D eigenvalue weighted by molar-refractivity contribution is 0.366. The highest BCUT2D eigenvalue weighted by Crippen LogP contribution is 2.28. The van der Waals surface area contributed by atoms with Gasteiger partial charge < -0.3 is 6.15 Å². The van der Waals surface area contributed by atoms with Crippen LogP contribution in [0.2, 0.25) is 0 Å². The fourth-order valence-corrected chi connectivity index (χ4v) is 1.85. The summed E-state index contributed by atoms with van der Waals surface area (Å²) in [6.07, 6.45) is 0.434. The van der Waals surface area contributed by atoms with Gasteiger partial charge >= 0.3 is 0 Å². The molecule has 1 atom stereocenters. The molecule has 0 aliphatic rings. The molecule has 0 aromatic carbocycles. The molecule has 0 amide bonds. The molecule has 1 unspecified atom stereocenters. The van der Waals surface area contributed by atoms with Gasteiger partial charge in [0.25, 0.3) is 10.1 Å². The second-order valence-corrected chi connectivity index (χ2v) is 5.18. The molecular weight excluding hydrogens is 178 g/mol. The lowest BCUT2D eigenvalue weighted by atomic mass is 9.94. The summed E-state index contributed by atoms with van der Waals surface area (Å²) in [4.78, 5) is 0. The lowest BCUT2D eigenvalue weighted by Crippen LogP contribution is -2.39. The van der Waals surface area contributed by atoms with Crippen LogP contribution in [0.4, 0.5) is 0 Å². The van der Waals surface area contributed by atoms with Gasteiger partial charge in [-0.2, -0.15) is 8.42 Å². The summed E-state index contributed by atoms with van der Waals surface area (Å²) in [6, 6.07) is 0. The maximum atomic E-state index is 10.9. The average Bonchev–Trinajstić information content (AvgIpc) is 1.83. The van der Waals surface area contributed by atoms with Crippen molar-refractivity contribution in [2.24, 2.45) is 5.92 Å². The zero-order valence-corrected chi connectivity index (χ0v) is 8.98. The van der Waals surface area contributed by atoms with Gasteiger partial charge in [-0.1, -0.05) is 20.8 Å². The van der Waals surface area contributed by atoms with Crippen molar-refractivity contribution in [3.05, 3.63) is 0 Å². The van der Waals surface area contributed by atoms with E-state index in [1.165, 1.54) is 0 Å². The smallest absolute Gasteiger partial charge is 0.270 e. The lowest BCUT2D eigenvalue weighted by Gasteiger charge is -2.28. The second kappa shape index (κ2) is 4.20. The van der Waals surface area contributed by atoms with E-state index >= 15 is 0 Å². The largest absolute Gasteiger partial charge is 0.344 e. The number of rotatable bonds is 3. The Morgan fingerprint density at radius 1 is 1.42 bits per heavy atom. The van der Waals surface area contributed by atoms with Crippen molar-refractivity contribution < 1.29 is 13.0 Å². The standard InChI is InChI=1S/C7H16O3S.H3N/c1-5-7(4,6(2)3)11(8,9)10;/h6H,5H2,1-4H3,(H,8,9,10);1H3. The minimum Gasteiger partial charge on any atom is -0.344 e. The predicted molar refractivity (Wildman–Crippen MR) is 50.1 cm³/mol. The SMILES string of the molecule is CCC(C)(C(C)C)S(=O)(=O)O.N. The first kappa shape index (κ1) is 14.4. The minimum absolute atomic E-state index is 0. The van der Waals surface area contributed by atoms with Gasteiger partial charge in [0, 0.05) is 0 Å². The van der Waals surface area contributed by atoms with Crippen molar-refractivity contribution in [3.8, 4) is 0 Å². The molecule has 0 heterocycles. The molecule has 0 rings (SSSR count). The molecule has 0 aromatic heterocycles. The zero-order valence-electron chi connectivity index (χ0n) is 8.16. The van der Waals surface area contributed by atoms with Crippen LogP contribution in [0.15, 0.2) is 0 Å². The molecule has 5 heteroatoms. The predicted octanol–water partition coefficient (Wildman–Crippen LogP) is 1.86. The van der Waals surface area contributed by atoms with Gasteiger partial charge in [0.2, 0.25) is 0 Å². The van der Waals surface area contributed by atoms with E-state index < -0.39 is 14.9 Å². The summed E-state index contributed by atoms with van der Waals surface area (Å²) in [5.74, 6) is -0.0671. The van der Waals surface area contributed by atoms with Crippen LogP contribution in [0.5, 0.6) is 0 Å². The molecule has 12 heavy (non-hydrogen) atoms. The first-order chi connectivity index (χ1) is 4.75. The van der Waals surface area contributed by atoms with Crippen molar-refractivity contribution in [3.63, 3.8) is 0 Å². The van der Waals surface area contributed by atoms with Crippen LogP contribution < -0.4 is 6.15 Å². The van der Waals surface area contributed by atoms with Crippen LogP contribution in [0.3, 0.4) is 0 Å². The third-order valence-corrected chi connectivity index (χ3v) is 4.45. The van der Waals surface area contributed by atoms with Gasteiger partial charge in [-0.3, -0.25) is 4.55 Å². The summed E-state index contributed by atoms with van der Waals surface area (Å²) in [6.45, 7) is 6.90. The van der Waals surface area contributed by atoms with Gasteiger partial charge in [-0.15, -0.1) is 0 Å². The molecule has 4 N–H and O–H groups in total. The summed E-state index contributed by atoms with van der Waals surface area (Å²) in [7, 11) is -3.91. The maximum absolute atomic E-state index is 10.9. The molecule has 0 saturated heterocycles.